The van der Waals surface area contributed by atoms with Gasteiger partial charge >= 0.3 is 0 Å². The fraction of sp³-hybridized carbons (Fsp3) is 0.292. The summed E-state index contributed by atoms with van der Waals surface area (Å²) in [5, 5.41) is 24.8. The van der Waals surface area contributed by atoms with Crippen molar-refractivity contribution in [2.24, 2.45) is 0 Å². The fourth-order valence-corrected chi connectivity index (χ4v) is 4.42. The molecular weight excluding hydrogens is 442 g/mol. The van der Waals surface area contributed by atoms with Gasteiger partial charge in [-0.25, -0.2) is 4.98 Å². The molecular formula is C24H26ClN5O3. The van der Waals surface area contributed by atoms with Gasteiger partial charge in [-0.3, -0.25) is 0 Å². The molecule has 1 fully saturated rings. The van der Waals surface area contributed by atoms with Crippen molar-refractivity contribution in [2.75, 3.05) is 43.1 Å². The van der Waals surface area contributed by atoms with Crippen LogP contribution in [0.25, 0.3) is 22.4 Å². The zero-order chi connectivity index (χ0) is 22.9. The standard InChI is InChI=1S/C24H26ClN5O3/c1-14-9-17(30-5-7-33-8-6-30)11-18-22(14)29-23(28-18)21-19(12-27-24(21)32)26-13-20(31)15-3-2-4-16(25)10-15/h2-4,9-12,20,26-27,31-32H,5-8,13H2,1H3,(H,28,29)/t20-/m1/s1. The SMILES string of the molecule is Cc1cc(N2CCOCC2)cc2[nH]c(-c3c(NC[C@@H](O)c4cccc(Cl)c4)c[nH]c3O)nc12. The Labute approximate surface area is 196 Å². The van der Waals surface area contributed by atoms with Crippen LogP contribution in [0, 0.1) is 6.92 Å². The van der Waals surface area contributed by atoms with E-state index in [1.54, 1.807) is 24.4 Å². The molecule has 1 aliphatic rings. The van der Waals surface area contributed by atoms with Crippen molar-refractivity contribution in [1.82, 2.24) is 15.0 Å². The summed E-state index contributed by atoms with van der Waals surface area (Å²) in [4.78, 5) is 13.3. The molecule has 3 heterocycles. The van der Waals surface area contributed by atoms with Crippen LogP contribution in [-0.2, 0) is 4.74 Å². The molecule has 1 aliphatic heterocycles. The number of hydrogen-bond donors (Lipinski definition) is 5. The number of nitrogens with zero attached hydrogens (tertiary/aromatic N) is 2. The number of rotatable bonds is 6. The minimum absolute atomic E-state index is 0.000132. The zero-order valence-corrected chi connectivity index (χ0v) is 19.0. The highest BCUT2D eigenvalue weighted by Gasteiger charge is 2.20. The van der Waals surface area contributed by atoms with Gasteiger partial charge in [-0.05, 0) is 42.3 Å². The normalized spacial score (nSPS) is 15.2. The largest absolute Gasteiger partial charge is 0.494 e. The number of hydrogen-bond acceptors (Lipinski definition) is 6. The minimum atomic E-state index is -0.761. The minimum Gasteiger partial charge on any atom is -0.494 e. The number of aryl methyl sites for hydroxylation is 1. The van der Waals surface area contributed by atoms with Crippen molar-refractivity contribution >= 4 is 34.0 Å². The Balaban J connectivity index is 1.41. The van der Waals surface area contributed by atoms with Crippen molar-refractivity contribution in [3.63, 3.8) is 0 Å². The average Bonchev–Trinajstić information content (AvgIpc) is 3.41. The summed E-state index contributed by atoms with van der Waals surface area (Å²) in [6.45, 7) is 5.43. The van der Waals surface area contributed by atoms with Crippen molar-refractivity contribution in [3.05, 3.63) is 58.7 Å². The first-order valence-corrected chi connectivity index (χ1v) is 11.3. The van der Waals surface area contributed by atoms with E-state index >= 15 is 0 Å². The van der Waals surface area contributed by atoms with Crippen molar-refractivity contribution < 1.29 is 14.9 Å². The van der Waals surface area contributed by atoms with E-state index < -0.39 is 6.10 Å². The number of halogens is 1. The lowest BCUT2D eigenvalue weighted by atomic mass is 10.1. The van der Waals surface area contributed by atoms with E-state index in [4.69, 9.17) is 21.3 Å². The van der Waals surface area contributed by atoms with Gasteiger partial charge in [-0.15, -0.1) is 0 Å². The van der Waals surface area contributed by atoms with Gasteiger partial charge in [0.25, 0.3) is 0 Å². The lowest BCUT2D eigenvalue weighted by molar-refractivity contribution is 0.122. The molecule has 1 atom stereocenters. The van der Waals surface area contributed by atoms with E-state index in [9.17, 15) is 10.2 Å². The molecule has 0 amide bonds. The number of nitrogens with one attached hydrogen (secondary N) is 3. The molecule has 8 nitrogen and oxygen atoms in total. The molecule has 4 aromatic rings. The third kappa shape index (κ3) is 4.37. The summed E-state index contributed by atoms with van der Waals surface area (Å²) in [5.41, 5.74) is 5.81. The molecule has 0 spiro atoms. The topological polar surface area (TPSA) is 109 Å². The number of H-pyrrole nitrogens is 2. The molecule has 0 bridgehead atoms. The van der Waals surface area contributed by atoms with Gasteiger partial charge in [0, 0.05) is 36.5 Å². The predicted octanol–water partition coefficient (Wildman–Crippen LogP) is 4.21. The first-order chi connectivity index (χ1) is 16.0. The number of benzene rings is 2. The van der Waals surface area contributed by atoms with Crippen LogP contribution in [0.1, 0.15) is 17.2 Å². The Kier molecular flexibility index (Phi) is 5.88. The van der Waals surface area contributed by atoms with E-state index in [1.807, 2.05) is 13.0 Å². The van der Waals surface area contributed by atoms with Crippen molar-refractivity contribution in [2.45, 2.75) is 13.0 Å². The number of aromatic nitrogens is 3. The summed E-state index contributed by atoms with van der Waals surface area (Å²) in [7, 11) is 0. The second-order valence-corrected chi connectivity index (χ2v) is 8.66. The van der Waals surface area contributed by atoms with Crippen LogP contribution in [0.15, 0.2) is 42.6 Å². The smallest absolute Gasteiger partial charge is 0.201 e. The first-order valence-electron chi connectivity index (χ1n) is 10.9. The van der Waals surface area contributed by atoms with Crippen LogP contribution in [-0.4, -0.2) is 58.0 Å². The third-order valence-electron chi connectivity index (χ3n) is 5.95. The molecule has 0 aliphatic carbocycles. The predicted molar refractivity (Wildman–Crippen MR) is 130 cm³/mol. The number of ether oxygens (including phenoxy) is 1. The molecule has 2 aromatic heterocycles. The Morgan fingerprint density at radius 1 is 1.24 bits per heavy atom. The quantitative estimate of drug-likeness (QED) is 0.290. The van der Waals surface area contributed by atoms with Gasteiger partial charge in [0.2, 0.25) is 5.88 Å². The number of fused-ring (bicyclic) bond motifs is 1. The lowest BCUT2D eigenvalue weighted by Gasteiger charge is -2.29. The van der Waals surface area contributed by atoms with E-state index in [2.05, 4.69) is 32.3 Å². The van der Waals surface area contributed by atoms with Gasteiger partial charge < -0.3 is 35.1 Å². The maximum Gasteiger partial charge on any atom is 0.201 e. The summed E-state index contributed by atoms with van der Waals surface area (Å²) >= 11 is 6.04. The van der Waals surface area contributed by atoms with Gasteiger partial charge in [-0.1, -0.05) is 23.7 Å². The zero-order valence-electron chi connectivity index (χ0n) is 18.2. The molecule has 33 heavy (non-hydrogen) atoms. The van der Waals surface area contributed by atoms with E-state index in [-0.39, 0.29) is 12.4 Å². The molecule has 2 aromatic carbocycles. The first kappa shape index (κ1) is 21.6. The number of morpholine rings is 1. The third-order valence-corrected chi connectivity index (χ3v) is 6.19. The number of aromatic amines is 2. The van der Waals surface area contributed by atoms with Crippen LogP contribution in [0.4, 0.5) is 11.4 Å². The highest BCUT2D eigenvalue weighted by Crippen LogP contribution is 2.37. The Morgan fingerprint density at radius 3 is 2.85 bits per heavy atom. The number of anilines is 2. The Hall–Kier alpha value is -3.20. The summed E-state index contributed by atoms with van der Waals surface area (Å²) < 4.78 is 5.47. The summed E-state index contributed by atoms with van der Waals surface area (Å²) in [5.74, 6) is 0.547. The number of imidazole rings is 1. The molecule has 1 saturated heterocycles. The van der Waals surface area contributed by atoms with Crippen LogP contribution in [0.5, 0.6) is 5.88 Å². The summed E-state index contributed by atoms with van der Waals surface area (Å²) in [6.07, 6.45) is 0.900. The number of aromatic hydroxyl groups is 1. The van der Waals surface area contributed by atoms with Crippen molar-refractivity contribution in [3.8, 4) is 17.3 Å². The molecule has 0 unspecified atom stereocenters. The van der Waals surface area contributed by atoms with Gasteiger partial charge in [0.1, 0.15) is 11.4 Å². The van der Waals surface area contributed by atoms with Gasteiger partial charge in [0.05, 0.1) is 36.0 Å². The summed E-state index contributed by atoms with van der Waals surface area (Å²) in [6, 6.07) is 11.3. The highest BCUT2D eigenvalue weighted by atomic mass is 35.5. The van der Waals surface area contributed by atoms with E-state index in [0.29, 0.717) is 27.7 Å². The highest BCUT2D eigenvalue weighted by molar-refractivity contribution is 6.30. The van der Waals surface area contributed by atoms with Crippen LogP contribution in [0.3, 0.4) is 0 Å². The van der Waals surface area contributed by atoms with Gasteiger partial charge in [0.15, 0.2) is 0 Å². The monoisotopic (exact) mass is 467 g/mol. The van der Waals surface area contributed by atoms with E-state index in [0.717, 1.165) is 48.6 Å². The molecule has 172 valence electrons. The van der Waals surface area contributed by atoms with Crippen LogP contribution < -0.4 is 10.2 Å². The average molecular weight is 468 g/mol. The van der Waals surface area contributed by atoms with Gasteiger partial charge in [-0.2, -0.15) is 0 Å². The maximum atomic E-state index is 10.5. The second-order valence-electron chi connectivity index (χ2n) is 8.22. The number of aliphatic hydroxyl groups excluding tert-OH is 1. The maximum absolute atomic E-state index is 10.5. The van der Waals surface area contributed by atoms with E-state index in [1.165, 1.54) is 0 Å². The second kappa shape index (κ2) is 8.97. The lowest BCUT2D eigenvalue weighted by Crippen LogP contribution is -2.36. The molecule has 9 heteroatoms. The fourth-order valence-electron chi connectivity index (χ4n) is 4.22. The van der Waals surface area contributed by atoms with Crippen molar-refractivity contribution in [1.29, 1.82) is 0 Å². The Morgan fingerprint density at radius 2 is 2.06 bits per heavy atom. The molecule has 0 saturated carbocycles. The van der Waals surface area contributed by atoms with Crippen LogP contribution in [0.2, 0.25) is 5.02 Å². The Bertz CT molecular complexity index is 1280. The molecule has 5 rings (SSSR count). The van der Waals surface area contributed by atoms with Crippen LogP contribution >= 0.6 is 11.6 Å². The number of aliphatic hydroxyl groups is 1. The molecule has 0 radical (unpaired) electrons. The molecule has 5 N–H and O–H groups in total.